The van der Waals surface area contributed by atoms with E-state index in [2.05, 4.69) is 25.7 Å². The predicted molar refractivity (Wildman–Crippen MR) is 35.7 cm³/mol. The zero-order valence-corrected chi connectivity index (χ0v) is 5.52. The zero-order valence-electron chi connectivity index (χ0n) is 5.52. The third kappa shape index (κ3) is 0.920. The maximum absolute atomic E-state index is 3.69. The molecule has 46 valence electrons. The Morgan fingerprint density at radius 3 is 2.38 bits per heavy atom. The van der Waals surface area contributed by atoms with E-state index in [1.807, 2.05) is 6.08 Å². The van der Waals surface area contributed by atoms with Gasteiger partial charge in [0.2, 0.25) is 0 Å². The smallest absolute Gasteiger partial charge is 0.0408 e. The molecule has 1 heterocycles. The van der Waals surface area contributed by atoms with Gasteiger partial charge in [-0.15, -0.1) is 6.58 Å². The second-order valence-corrected chi connectivity index (χ2v) is 2.70. The van der Waals surface area contributed by atoms with E-state index in [1.165, 1.54) is 0 Å². The molecule has 8 heavy (non-hydrogen) atoms. The highest BCUT2D eigenvalue weighted by Crippen LogP contribution is 2.19. The predicted octanol–water partition coefficient (Wildman–Crippen LogP) is 1.17. The Bertz CT molecular complexity index is 96.6. The van der Waals surface area contributed by atoms with Crippen molar-refractivity contribution in [3.05, 3.63) is 12.7 Å². The normalized spacial score (nSPS) is 35.4. The van der Waals surface area contributed by atoms with E-state index in [-0.39, 0.29) is 0 Å². The molecule has 1 N–H and O–H groups in total. The van der Waals surface area contributed by atoms with Gasteiger partial charge in [0.05, 0.1) is 0 Å². The fourth-order valence-corrected chi connectivity index (χ4v) is 0.988. The van der Waals surface area contributed by atoms with Gasteiger partial charge < -0.3 is 5.32 Å². The lowest BCUT2D eigenvalue weighted by Crippen LogP contribution is -2.01. The minimum Gasteiger partial charge on any atom is -0.304 e. The van der Waals surface area contributed by atoms with E-state index in [0.29, 0.717) is 12.1 Å². The summed E-state index contributed by atoms with van der Waals surface area (Å²) in [6.07, 6.45) is 1.98. The van der Waals surface area contributed by atoms with Crippen molar-refractivity contribution in [1.82, 2.24) is 5.32 Å². The summed E-state index contributed by atoms with van der Waals surface area (Å²) in [5, 5.41) is 3.30. The highest BCUT2D eigenvalue weighted by atomic mass is 15.1. The van der Waals surface area contributed by atoms with Gasteiger partial charge in [-0.25, -0.2) is 0 Å². The third-order valence-corrected chi connectivity index (χ3v) is 1.63. The minimum absolute atomic E-state index is 0.606. The van der Waals surface area contributed by atoms with E-state index < -0.39 is 0 Å². The summed E-state index contributed by atoms with van der Waals surface area (Å²) in [6.45, 7) is 8.14. The van der Waals surface area contributed by atoms with Crippen LogP contribution in [0.25, 0.3) is 0 Å². The van der Waals surface area contributed by atoms with Crippen LogP contribution in [0.4, 0.5) is 0 Å². The highest BCUT2D eigenvalue weighted by Gasteiger charge is 2.35. The van der Waals surface area contributed by atoms with Crippen LogP contribution in [0.5, 0.6) is 0 Å². The Kier molecular flexibility index (Phi) is 1.39. The van der Waals surface area contributed by atoms with Crippen LogP contribution >= 0.6 is 0 Å². The van der Waals surface area contributed by atoms with Crippen molar-refractivity contribution in [3.63, 3.8) is 0 Å². The summed E-state index contributed by atoms with van der Waals surface area (Å²) in [5.74, 6) is 0.762. The average Bonchev–Trinajstić information content (AvgIpc) is 2.42. The van der Waals surface area contributed by atoms with Crippen molar-refractivity contribution < 1.29 is 0 Å². The molecule has 0 aliphatic carbocycles. The van der Waals surface area contributed by atoms with Crippen LogP contribution in [0.2, 0.25) is 0 Å². The Balaban J connectivity index is 2.26. The Morgan fingerprint density at radius 1 is 1.62 bits per heavy atom. The molecule has 0 aromatic heterocycles. The zero-order chi connectivity index (χ0) is 6.15. The quantitative estimate of drug-likeness (QED) is 0.419. The minimum atomic E-state index is 0.606. The standard InChI is InChI=1S/C7H13N/c1-4-6-7(8-6)5(2)3/h4-8H,1H2,2-3H3/t6-,7-/m1/s1. The van der Waals surface area contributed by atoms with Gasteiger partial charge in [-0.05, 0) is 5.92 Å². The number of nitrogens with one attached hydrogen (secondary N) is 1. The highest BCUT2D eigenvalue weighted by molar-refractivity contribution is 5.09. The van der Waals surface area contributed by atoms with Gasteiger partial charge in [-0.3, -0.25) is 0 Å². The van der Waals surface area contributed by atoms with Gasteiger partial charge in [0.1, 0.15) is 0 Å². The Labute approximate surface area is 50.8 Å². The summed E-state index contributed by atoms with van der Waals surface area (Å²) in [6, 6.07) is 1.32. The average molecular weight is 111 g/mol. The van der Waals surface area contributed by atoms with Gasteiger partial charge in [0.25, 0.3) is 0 Å². The summed E-state index contributed by atoms with van der Waals surface area (Å²) in [4.78, 5) is 0. The lowest BCUT2D eigenvalue weighted by molar-refractivity contribution is 0.626. The second-order valence-electron chi connectivity index (χ2n) is 2.70. The van der Waals surface area contributed by atoms with E-state index >= 15 is 0 Å². The molecule has 0 aromatic rings. The van der Waals surface area contributed by atoms with Crippen molar-refractivity contribution >= 4 is 0 Å². The number of hydrogen-bond acceptors (Lipinski definition) is 1. The van der Waals surface area contributed by atoms with Crippen molar-refractivity contribution in [1.29, 1.82) is 0 Å². The SMILES string of the molecule is C=C[C@H]1N[C@@H]1C(C)C. The van der Waals surface area contributed by atoms with Crippen LogP contribution < -0.4 is 5.32 Å². The number of rotatable bonds is 2. The van der Waals surface area contributed by atoms with Crippen LogP contribution in [0, 0.1) is 5.92 Å². The summed E-state index contributed by atoms with van der Waals surface area (Å²) >= 11 is 0. The van der Waals surface area contributed by atoms with Crippen molar-refractivity contribution in [3.8, 4) is 0 Å². The first kappa shape index (κ1) is 5.83. The lowest BCUT2D eigenvalue weighted by Gasteiger charge is -1.95. The second kappa shape index (κ2) is 1.90. The first-order chi connectivity index (χ1) is 3.75. The van der Waals surface area contributed by atoms with Gasteiger partial charge in [0, 0.05) is 12.1 Å². The van der Waals surface area contributed by atoms with Crippen molar-refractivity contribution in [2.24, 2.45) is 5.92 Å². The summed E-state index contributed by atoms with van der Waals surface area (Å²) < 4.78 is 0. The molecule has 0 unspecified atom stereocenters. The molecule has 1 aliphatic heterocycles. The fraction of sp³-hybridized carbons (Fsp3) is 0.714. The monoisotopic (exact) mass is 111 g/mol. The molecule has 2 atom stereocenters. The van der Waals surface area contributed by atoms with Crippen LogP contribution in [0.15, 0.2) is 12.7 Å². The van der Waals surface area contributed by atoms with Crippen LogP contribution in [0.1, 0.15) is 13.8 Å². The van der Waals surface area contributed by atoms with Gasteiger partial charge in [-0.1, -0.05) is 19.9 Å². The third-order valence-electron chi connectivity index (χ3n) is 1.63. The largest absolute Gasteiger partial charge is 0.304 e. The molecule has 0 radical (unpaired) electrons. The number of hydrogen-bond donors (Lipinski definition) is 1. The molecule has 1 saturated heterocycles. The van der Waals surface area contributed by atoms with Crippen molar-refractivity contribution in [2.75, 3.05) is 0 Å². The van der Waals surface area contributed by atoms with Gasteiger partial charge in [0.15, 0.2) is 0 Å². The van der Waals surface area contributed by atoms with Gasteiger partial charge in [-0.2, -0.15) is 0 Å². The molecule has 1 aliphatic rings. The van der Waals surface area contributed by atoms with Crippen molar-refractivity contribution in [2.45, 2.75) is 25.9 Å². The first-order valence-electron chi connectivity index (χ1n) is 3.14. The Morgan fingerprint density at radius 2 is 2.25 bits per heavy atom. The molecular formula is C7H13N. The molecule has 1 fully saturated rings. The van der Waals surface area contributed by atoms with E-state index in [4.69, 9.17) is 0 Å². The van der Waals surface area contributed by atoms with Crippen LogP contribution in [-0.2, 0) is 0 Å². The molecule has 0 saturated carbocycles. The van der Waals surface area contributed by atoms with Gasteiger partial charge >= 0.3 is 0 Å². The molecule has 1 nitrogen and oxygen atoms in total. The van der Waals surface area contributed by atoms with E-state index in [9.17, 15) is 0 Å². The maximum Gasteiger partial charge on any atom is 0.0408 e. The molecule has 1 heteroatoms. The molecular weight excluding hydrogens is 98.1 g/mol. The van der Waals surface area contributed by atoms with E-state index in [1.54, 1.807) is 0 Å². The molecule has 0 spiro atoms. The summed E-state index contributed by atoms with van der Waals surface area (Å²) in [5.41, 5.74) is 0. The fourth-order valence-electron chi connectivity index (χ4n) is 0.988. The first-order valence-corrected chi connectivity index (χ1v) is 3.14. The lowest BCUT2D eigenvalue weighted by atomic mass is 10.1. The van der Waals surface area contributed by atoms with Crippen LogP contribution in [-0.4, -0.2) is 12.1 Å². The molecule has 0 amide bonds. The summed E-state index contributed by atoms with van der Waals surface area (Å²) in [7, 11) is 0. The van der Waals surface area contributed by atoms with E-state index in [0.717, 1.165) is 5.92 Å². The maximum atomic E-state index is 3.69. The Hall–Kier alpha value is -0.300. The van der Waals surface area contributed by atoms with Crippen LogP contribution in [0.3, 0.4) is 0 Å². The molecule has 0 aromatic carbocycles. The molecule has 0 bridgehead atoms. The molecule has 1 rings (SSSR count). The topological polar surface area (TPSA) is 21.9 Å².